The summed E-state index contributed by atoms with van der Waals surface area (Å²) >= 11 is 0. The summed E-state index contributed by atoms with van der Waals surface area (Å²) in [5, 5.41) is 18.2. The van der Waals surface area contributed by atoms with E-state index < -0.39 is 70.6 Å². The molecule has 6 N–H and O–H groups in total. The van der Waals surface area contributed by atoms with E-state index in [9.17, 15) is 33.9 Å². The number of ketones is 1. The predicted octanol–water partition coefficient (Wildman–Crippen LogP) is 2.87. The zero-order chi connectivity index (χ0) is 38.4. The second kappa shape index (κ2) is 16.2. The van der Waals surface area contributed by atoms with Crippen LogP contribution in [0, 0.1) is 17.3 Å². The molecule has 6 atom stereocenters. The molecule has 0 spiro atoms. The average Bonchev–Trinajstić information content (AvgIpc) is 3.83. The number of carbonyl (C=O) groups excluding carboxylic acids is 5. The van der Waals surface area contributed by atoms with E-state index in [2.05, 4.69) is 16.0 Å². The molecule has 54 heavy (non-hydrogen) atoms. The minimum Gasteiger partial charge on any atom is -0.497 e. The SMILES string of the molecule is COc1ccc(C[C@H](NC(=O)C2(C(N)=O)CC2C2c3ccccc3CC2C(=O)O)C(=O)N[C@@H](Cc2ccccc2)C(=O)C(=O)NCc2ccccc2)cc1. The van der Waals surface area contributed by atoms with Crippen molar-refractivity contribution in [3.05, 3.63) is 137 Å². The van der Waals surface area contributed by atoms with Gasteiger partial charge in [0.15, 0.2) is 0 Å². The highest BCUT2D eigenvalue weighted by Gasteiger charge is 2.69. The Morgan fingerprint density at radius 3 is 2.00 bits per heavy atom. The van der Waals surface area contributed by atoms with Gasteiger partial charge in [0, 0.05) is 25.3 Å². The van der Waals surface area contributed by atoms with Crippen molar-refractivity contribution in [1.82, 2.24) is 16.0 Å². The quantitative estimate of drug-likeness (QED) is 0.0858. The molecular weight excluding hydrogens is 688 g/mol. The summed E-state index contributed by atoms with van der Waals surface area (Å²) < 4.78 is 5.26. The molecule has 12 heteroatoms. The van der Waals surface area contributed by atoms with Crippen LogP contribution >= 0.6 is 0 Å². The molecule has 4 aromatic rings. The van der Waals surface area contributed by atoms with Crippen molar-refractivity contribution in [2.75, 3.05) is 7.11 Å². The van der Waals surface area contributed by atoms with Gasteiger partial charge in [-0.05, 0) is 58.7 Å². The van der Waals surface area contributed by atoms with Crippen LogP contribution in [0.25, 0.3) is 0 Å². The topological polar surface area (TPSA) is 194 Å². The first kappa shape index (κ1) is 37.5. The van der Waals surface area contributed by atoms with Crippen molar-refractivity contribution >= 4 is 35.4 Å². The fourth-order valence-electron chi connectivity index (χ4n) is 7.59. The van der Waals surface area contributed by atoms with Crippen molar-refractivity contribution in [2.45, 2.75) is 50.2 Å². The van der Waals surface area contributed by atoms with Crippen LogP contribution in [-0.2, 0) is 54.6 Å². The maximum atomic E-state index is 14.3. The lowest BCUT2D eigenvalue weighted by molar-refractivity contribution is -0.144. The molecule has 0 saturated heterocycles. The van der Waals surface area contributed by atoms with Gasteiger partial charge in [-0.2, -0.15) is 0 Å². The lowest BCUT2D eigenvalue weighted by Gasteiger charge is -2.26. The maximum absolute atomic E-state index is 14.3. The number of rotatable bonds is 16. The number of carbonyl (C=O) groups is 6. The Morgan fingerprint density at radius 2 is 1.37 bits per heavy atom. The lowest BCUT2D eigenvalue weighted by Crippen LogP contribution is -2.57. The van der Waals surface area contributed by atoms with Gasteiger partial charge in [0.05, 0.1) is 13.0 Å². The smallest absolute Gasteiger partial charge is 0.307 e. The highest BCUT2D eigenvalue weighted by atomic mass is 16.5. The van der Waals surface area contributed by atoms with Gasteiger partial charge < -0.3 is 31.5 Å². The second-order valence-electron chi connectivity index (χ2n) is 13.9. The number of aliphatic carboxylic acids is 1. The van der Waals surface area contributed by atoms with E-state index in [4.69, 9.17) is 10.5 Å². The zero-order valence-electron chi connectivity index (χ0n) is 29.7. The minimum absolute atomic E-state index is 0.00449. The normalized spacial score (nSPS) is 20.7. The first-order chi connectivity index (χ1) is 26.0. The number of fused-ring (bicyclic) bond motifs is 1. The molecule has 0 aromatic heterocycles. The molecule has 0 heterocycles. The molecule has 0 aliphatic heterocycles. The number of primary amides is 1. The monoisotopic (exact) mass is 730 g/mol. The van der Waals surface area contributed by atoms with Gasteiger partial charge in [0.1, 0.15) is 23.2 Å². The number of amides is 4. The number of benzene rings is 4. The van der Waals surface area contributed by atoms with Crippen LogP contribution in [0.15, 0.2) is 109 Å². The lowest BCUT2D eigenvalue weighted by atomic mass is 9.83. The first-order valence-corrected chi connectivity index (χ1v) is 17.8. The summed E-state index contributed by atoms with van der Waals surface area (Å²) in [6, 6.07) is 29.3. The molecule has 4 unspecified atom stereocenters. The van der Waals surface area contributed by atoms with Crippen molar-refractivity contribution in [3.8, 4) is 5.75 Å². The summed E-state index contributed by atoms with van der Waals surface area (Å²) in [5.41, 5.74) is 7.83. The number of hydrogen-bond acceptors (Lipinski definition) is 7. The molecule has 1 fully saturated rings. The average molecular weight is 731 g/mol. The second-order valence-corrected chi connectivity index (χ2v) is 13.9. The molecule has 278 valence electrons. The van der Waals surface area contributed by atoms with Gasteiger partial charge in [-0.25, -0.2) is 0 Å². The minimum atomic E-state index is -1.77. The highest BCUT2D eigenvalue weighted by molar-refractivity contribution is 6.38. The largest absolute Gasteiger partial charge is 0.497 e. The first-order valence-electron chi connectivity index (χ1n) is 17.8. The van der Waals surface area contributed by atoms with Gasteiger partial charge in [-0.3, -0.25) is 28.8 Å². The molecule has 12 nitrogen and oxygen atoms in total. The van der Waals surface area contributed by atoms with Crippen LogP contribution in [0.5, 0.6) is 5.75 Å². The van der Waals surface area contributed by atoms with Crippen molar-refractivity contribution in [2.24, 2.45) is 23.0 Å². The predicted molar refractivity (Wildman–Crippen MR) is 198 cm³/mol. The van der Waals surface area contributed by atoms with Crippen molar-refractivity contribution in [1.29, 1.82) is 0 Å². The summed E-state index contributed by atoms with van der Waals surface area (Å²) in [7, 11) is 1.51. The van der Waals surface area contributed by atoms with E-state index in [-0.39, 0.29) is 32.2 Å². The number of nitrogens with two attached hydrogens (primary N) is 1. The molecule has 6 rings (SSSR count). The maximum Gasteiger partial charge on any atom is 0.307 e. The third-order valence-electron chi connectivity index (χ3n) is 10.6. The summed E-state index contributed by atoms with van der Waals surface area (Å²) in [4.78, 5) is 81.0. The van der Waals surface area contributed by atoms with Crippen LogP contribution in [0.1, 0.15) is 40.2 Å². The van der Waals surface area contributed by atoms with E-state index in [0.717, 1.165) is 16.7 Å². The van der Waals surface area contributed by atoms with Crippen molar-refractivity contribution in [3.63, 3.8) is 0 Å². The Labute approximate surface area is 312 Å². The summed E-state index contributed by atoms with van der Waals surface area (Å²) in [5.74, 6) is -6.98. The number of hydrogen-bond donors (Lipinski definition) is 5. The fourth-order valence-corrected chi connectivity index (χ4v) is 7.59. The van der Waals surface area contributed by atoms with Crippen LogP contribution in [0.2, 0.25) is 0 Å². The Morgan fingerprint density at radius 1 is 0.778 bits per heavy atom. The van der Waals surface area contributed by atoms with E-state index in [0.29, 0.717) is 16.9 Å². The molecule has 0 bridgehead atoms. The Hall–Kier alpha value is -6.30. The standard InChI is InChI=1S/C42H42N4O8/c1-54-29-18-16-26(17-19-29)21-34(46-41(53)42(40(43)52)23-32(42)35-30-15-9-8-14-28(30)22-31(35)39(50)51)37(48)45-33(20-25-10-4-2-5-11-25)36(47)38(49)44-24-27-12-6-3-7-13-27/h2-19,31-35H,20-24H2,1H3,(H2,43,52)(H,44,49)(H,45,48)(H,46,53)(H,50,51)/t31?,32?,33-,34-,35?,42?/m0/s1. The van der Waals surface area contributed by atoms with Gasteiger partial charge in [-0.15, -0.1) is 0 Å². The van der Waals surface area contributed by atoms with E-state index in [1.54, 1.807) is 72.8 Å². The van der Waals surface area contributed by atoms with Gasteiger partial charge in [0.25, 0.3) is 5.91 Å². The van der Waals surface area contributed by atoms with Gasteiger partial charge in [0.2, 0.25) is 23.5 Å². The number of ether oxygens (including phenoxy) is 1. The number of Topliss-reactive ketones (excluding diaryl/α,β-unsaturated/α-hetero) is 1. The van der Waals surface area contributed by atoms with E-state index in [1.807, 2.05) is 36.4 Å². The third kappa shape index (κ3) is 8.02. The Bertz CT molecular complexity index is 2040. The molecule has 4 aromatic carbocycles. The fraction of sp³-hybridized carbons (Fsp3) is 0.286. The zero-order valence-corrected chi connectivity index (χ0v) is 29.7. The number of methoxy groups -OCH3 is 1. The summed E-state index contributed by atoms with van der Waals surface area (Å²) in [6.07, 6.45) is 0.182. The molecule has 4 amide bonds. The Balaban J connectivity index is 1.27. The summed E-state index contributed by atoms with van der Waals surface area (Å²) in [6.45, 7) is 0.0954. The molecular formula is C42H42N4O8. The van der Waals surface area contributed by atoms with Crippen LogP contribution in [0.4, 0.5) is 0 Å². The van der Waals surface area contributed by atoms with Crippen molar-refractivity contribution < 1.29 is 38.6 Å². The number of carboxylic acids is 1. The van der Waals surface area contributed by atoms with Gasteiger partial charge in [-0.1, -0.05) is 97.1 Å². The van der Waals surface area contributed by atoms with Crippen LogP contribution in [-0.4, -0.2) is 59.7 Å². The molecule has 2 aliphatic rings. The highest BCUT2D eigenvalue weighted by Crippen LogP contribution is 2.63. The van der Waals surface area contributed by atoms with E-state index in [1.165, 1.54) is 7.11 Å². The molecule has 2 aliphatic carbocycles. The number of carboxylic acid groups (broad SMARTS) is 1. The van der Waals surface area contributed by atoms with Crippen LogP contribution in [0.3, 0.4) is 0 Å². The molecule has 0 radical (unpaired) electrons. The molecule has 1 saturated carbocycles. The van der Waals surface area contributed by atoms with E-state index >= 15 is 0 Å². The number of nitrogens with one attached hydrogen (secondary N) is 3. The van der Waals surface area contributed by atoms with Gasteiger partial charge >= 0.3 is 5.97 Å². The van der Waals surface area contributed by atoms with Crippen LogP contribution < -0.4 is 26.4 Å². The Kier molecular flexibility index (Phi) is 11.2. The third-order valence-corrected chi connectivity index (χ3v) is 10.6.